The van der Waals surface area contributed by atoms with Gasteiger partial charge in [-0.3, -0.25) is 4.79 Å². The Morgan fingerprint density at radius 3 is 2.71 bits per heavy atom. The quantitative estimate of drug-likeness (QED) is 0.943. The second-order valence-corrected chi connectivity index (χ2v) is 6.80. The topological polar surface area (TPSA) is 32.3 Å². The van der Waals surface area contributed by atoms with E-state index >= 15 is 0 Å². The maximum Gasteiger partial charge on any atom is 0.231 e. The van der Waals surface area contributed by atoms with Crippen LogP contribution in [0.1, 0.15) is 41.1 Å². The summed E-state index contributed by atoms with van der Waals surface area (Å²) in [5.41, 5.74) is 5.13. The summed E-state index contributed by atoms with van der Waals surface area (Å²) in [5, 5.41) is 3.45. The molecule has 2 aromatic carbocycles. The zero-order valence-corrected chi connectivity index (χ0v) is 14.2. The number of piperazine rings is 1. The SMILES string of the molecule is CCc1ccc(C2CNCCN2C(=O)C2Cc3ccccc32)cc1. The summed E-state index contributed by atoms with van der Waals surface area (Å²) in [5.74, 6) is 0.344. The van der Waals surface area contributed by atoms with Crippen LogP contribution in [0.3, 0.4) is 0 Å². The van der Waals surface area contributed by atoms with E-state index < -0.39 is 0 Å². The van der Waals surface area contributed by atoms with Gasteiger partial charge in [0.05, 0.1) is 12.0 Å². The Bertz CT molecular complexity index is 738. The van der Waals surface area contributed by atoms with Crippen molar-refractivity contribution >= 4 is 5.91 Å². The van der Waals surface area contributed by atoms with Crippen LogP contribution in [0.2, 0.25) is 0 Å². The van der Waals surface area contributed by atoms with Gasteiger partial charge in [0.25, 0.3) is 0 Å². The van der Waals surface area contributed by atoms with Crippen molar-refractivity contribution in [2.75, 3.05) is 19.6 Å². The van der Waals surface area contributed by atoms with Crippen molar-refractivity contribution in [2.24, 2.45) is 0 Å². The van der Waals surface area contributed by atoms with Gasteiger partial charge in [-0.25, -0.2) is 0 Å². The highest BCUT2D eigenvalue weighted by Gasteiger charge is 2.38. The molecule has 2 atom stereocenters. The first-order valence-corrected chi connectivity index (χ1v) is 8.95. The van der Waals surface area contributed by atoms with E-state index in [1.54, 1.807) is 0 Å². The van der Waals surface area contributed by atoms with Crippen molar-refractivity contribution < 1.29 is 4.79 Å². The van der Waals surface area contributed by atoms with E-state index in [2.05, 4.69) is 59.6 Å². The lowest BCUT2D eigenvalue weighted by Crippen LogP contribution is -2.51. The standard InChI is InChI=1S/C21H24N2O/c1-2-15-7-9-16(10-8-15)20-14-22-11-12-23(20)21(24)19-13-17-5-3-4-6-18(17)19/h3-10,19-20,22H,2,11-14H2,1H3. The molecule has 1 aliphatic carbocycles. The second kappa shape index (κ2) is 6.40. The maximum atomic E-state index is 13.1. The number of rotatable bonds is 3. The smallest absolute Gasteiger partial charge is 0.231 e. The Morgan fingerprint density at radius 2 is 1.96 bits per heavy atom. The van der Waals surface area contributed by atoms with E-state index in [1.807, 2.05) is 6.07 Å². The second-order valence-electron chi connectivity index (χ2n) is 6.80. The lowest BCUT2D eigenvalue weighted by Gasteiger charge is -2.41. The largest absolute Gasteiger partial charge is 0.333 e. The summed E-state index contributed by atoms with van der Waals surface area (Å²) in [6.07, 6.45) is 1.94. The molecule has 1 amide bonds. The molecule has 0 aromatic heterocycles. The molecule has 24 heavy (non-hydrogen) atoms. The van der Waals surface area contributed by atoms with Gasteiger partial charge in [0.15, 0.2) is 0 Å². The van der Waals surface area contributed by atoms with Gasteiger partial charge in [0, 0.05) is 19.6 Å². The highest BCUT2D eigenvalue weighted by molar-refractivity contribution is 5.87. The molecule has 1 fully saturated rings. The normalized spacial score (nSPS) is 22.6. The Labute approximate surface area is 143 Å². The average Bonchev–Trinajstić information content (AvgIpc) is 2.63. The Kier molecular flexibility index (Phi) is 4.11. The van der Waals surface area contributed by atoms with Crippen molar-refractivity contribution in [2.45, 2.75) is 31.7 Å². The summed E-state index contributed by atoms with van der Waals surface area (Å²) >= 11 is 0. The number of benzene rings is 2. The molecule has 3 nitrogen and oxygen atoms in total. The monoisotopic (exact) mass is 320 g/mol. The molecular weight excluding hydrogens is 296 g/mol. The molecule has 2 aromatic rings. The molecule has 1 aliphatic heterocycles. The first-order valence-electron chi connectivity index (χ1n) is 8.95. The average molecular weight is 320 g/mol. The van der Waals surface area contributed by atoms with E-state index in [0.717, 1.165) is 32.5 Å². The van der Waals surface area contributed by atoms with E-state index in [1.165, 1.54) is 22.3 Å². The van der Waals surface area contributed by atoms with Crippen LogP contribution in [0.25, 0.3) is 0 Å². The molecule has 4 rings (SSSR count). The van der Waals surface area contributed by atoms with E-state index in [4.69, 9.17) is 0 Å². The number of aryl methyl sites for hydroxylation is 1. The Hall–Kier alpha value is -2.13. The predicted octanol–water partition coefficient (Wildman–Crippen LogP) is 3.06. The van der Waals surface area contributed by atoms with Crippen molar-refractivity contribution in [1.82, 2.24) is 10.2 Å². The Morgan fingerprint density at radius 1 is 1.17 bits per heavy atom. The van der Waals surface area contributed by atoms with Gasteiger partial charge in [-0.05, 0) is 35.1 Å². The highest BCUT2D eigenvalue weighted by atomic mass is 16.2. The number of amides is 1. The first-order chi connectivity index (χ1) is 11.8. The molecule has 2 unspecified atom stereocenters. The van der Waals surface area contributed by atoms with Crippen molar-refractivity contribution in [3.05, 3.63) is 70.8 Å². The molecule has 0 saturated carbocycles. The number of carbonyl (C=O) groups excluding carboxylic acids is 1. The highest BCUT2D eigenvalue weighted by Crippen LogP contribution is 2.38. The van der Waals surface area contributed by atoms with Crippen molar-refractivity contribution in [1.29, 1.82) is 0 Å². The number of fused-ring (bicyclic) bond motifs is 1. The molecule has 124 valence electrons. The van der Waals surface area contributed by atoms with Crippen molar-refractivity contribution in [3.63, 3.8) is 0 Å². The molecule has 3 heteroatoms. The fourth-order valence-electron chi connectivity index (χ4n) is 3.92. The van der Waals surface area contributed by atoms with Gasteiger partial charge in [-0.1, -0.05) is 55.5 Å². The molecule has 2 aliphatic rings. The van der Waals surface area contributed by atoms with Gasteiger partial charge in [0.2, 0.25) is 5.91 Å². The number of hydrogen-bond donors (Lipinski definition) is 1. The summed E-state index contributed by atoms with van der Waals surface area (Å²) in [6, 6.07) is 17.2. The fourth-order valence-corrected chi connectivity index (χ4v) is 3.92. The minimum Gasteiger partial charge on any atom is -0.333 e. The van der Waals surface area contributed by atoms with Gasteiger partial charge >= 0.3 is 0 Å². The van der Waals surface area contributed by atoms with Gasteiger partial charge in [0.1, 0.15) is 0 Å². The molecule has 0 spiro atoms. The molecule has 1 saturated heterocycles. The van der Waals surface area contributed by atoms with Crippen molar-refractivity contribution in [3.8, 4) is 0 Å². The predicted molar refractivity (Wildman–Crippen MR) is 96.0 cm³/mol. The van der Waals surface area contributed by atoms with E-state index in [-0.39, 0.29) is 12.0 Å². The van der Waals surface area contributed by atoms with Gasteiger partial charge in [-0.15, -0.1) is 0 Å². The Balaban J connectivity index is 1.57. The van der Waals surface area contributed by atoms with Crippen LogP contribution in [-0.4, -0.2) is 30.4 Å². The van der Waals surface area contributed by atoms with Crippen LogP contribution in [0.15, 0.2) is 48.5 Å². The van der Waals surface area contributed by atoms with Gasteiger partial charge < -0.3 is 10.2 Å². The molecule has 0 radical (unpaired) electrons. The first kappa shape index (κ1) is 15.4. The maximum absolute atomic E-state index is 13.1. The van der Waals surface area contributed by atoms with Gasteiger partial charge in [-0.2, -0.15) is 0 Å². The van der Waals surface area contributed by atoms with Crippen LogP contribution < -0.4 is 5.32 Å². The summed E-state index contributed by atoms with van der Waals surface area (Å²) in [7, 11) is 0. The minimum absolute atomic E-state index is 0.0525. The lowest BCUT2D eigenvalue weighted by molar-refractivity contribution is -0.136. The van der Waals surface area contributed by atoms with Crippen LogP contribution in [-0.2, 0) is 17.6 Å². The number of hydrogen-bond acceptors (Lipinski definition) is 2. The third kappa shape index (κ3) is 2.63. The fraction of sp³-hybridized carbons (Fsp3) is 0.381. The number of carbonyl (C=O) groups is 1. The zero-order valence-electron chi connectivity index (χ0n) is 14.2. The summed E-state index contributed by atoms with van der Waals surface area (Å²) in [4.78, 5) is 15.2. The lowest BCUT2D eigenvalue weighted by atomic mass is 9.76. The zero-order chi connectivity index (χ0) is 16.5. The van der Waals surface area contributed by atoms with Crippen LogP contribution in [0.5, 0.6) is 0 Å². The number of nitrogens with zero attached hydrogens (tertiary/aromatic N) is 1. The van der Waals surface area contributed by atoms with E-state index in [9.17, 15) is 4.79 Å². The third-order valence-electron chi connectivity index (χ3n) is 5.45. The molecular formula is C21H24N2O. The summed E-state index contributed by atoms with van der Waals surface area (Å²) in [6.45, 7) is 4.67. The molecule has 1 heterocycles. The molecule has 1 N–H and O–H groups in total. The van der Waals surface area contributed by atoms with Crippen LogP contribution >= 0.6 is 0 Å². The number of nitrogens with one attached hydrogen (secondary N) is 1. The van der Waals surface area contributed by atoms with Crippen LogP contribution in [0, 0.1) is 0 Å². The molecule has 0 bridgehead atoms. The van der Waals surface area contributed by atoms with Crippen LogP contribution in [0.4, 0.5) is 0 Å². The minimum atomic E-state index is 0.0525. The summed E-state index contributed by atoms with van der Waals surface area (Å²) < 4.78 is 0. The van der Waals surface area contributed by atoms with E-state index in [0.29, 0.717) is 5.91 Å². The third-order valence-corrected chi connectivity index (χ3v) is 5.45.